The summed E-state index contributed by atoms with van der Waals surface area (Å²) in [7, 11) is 3.34. The number of aliphatic hydroxyl groups is 1. The number of aromatic nitrogens is 1. The standard InChI is InChI=1S/C21H29N3O3/c1-26-19-12-16-18(13-20(19)27-2)23-17-5-3-4-15(17)21(16)22-14-6-8-24(9-7-14)10-11-25/h12-14,25H,3-11H2,1-2H3,(H,22,23). The van der Waals surface area contributed by atoms with E-state index in [0.29, 0.717) is 6.04 Å². The summed E-state index contributed by atoms with van der Waals surface area (Å²) in [4.78, 5) is 7.25. The predicted octanol–water partition coefficient (Wildman–Crippen LogP) is 2.61. The highest BCUT2D eigenvalue weighted by Gasteiger charge is 2.25. The average molecular weight is 371 g/mol. The molecule has 0 atom stereocenters. The Morgan fingerprint density at radius 3 is 2.59 bits per heavy atom. The van der Waals surface area contributed by atoms with Crippen LogP contribution in [0.15, 0.2) is 12.1 Å². The fourth-order valence-corrected chi connectivity index (χ4v) is 4.40. The van der Waals surface area contributed by atoms with Crippen LogP contribution in [0.2, 0.25) is 0 Å². The van der Waals surface area contributed by atoms with Gasteiger partial charge in [-0.25, -0.2) is 0 Å². The number of β-amino-alcohol motifs (C(OH)–C–C–N with tert-alkyl or cyclic N) is 1. The minimum Gasteiger partial charge on any atom is -0.493 e. The van der Waals surface area contributed by atoms with Crippen molar-refractivity contribution in [1.29, 1.82) is 0 Å². The molecule has 0 spiro atoms. The zero-order chi connectivity index (χ0) is 18.8. The molecule has 1 saturated heterocycles. The van der Waals surface area contributed by atoms with Gasteiger partial charge in [0.15, 0.2) is 11.5 Å². The van der Waals surface area contributed by atoms with Crippen LogP contribution in [0.4, 0.5) is 5.69 Å². The largest absolute Gasteiger partial charge is 0.493 e. The van der Waals surface area contributed by atoms with Crippen LogP contribution in [0, 0.1) is 0 Å². The minimum atomic E-state index is 0.238. The maximum Gasteiger partial charge on any atom is 0.162 e. The average Bonchev–Trinajstić information content (AvgIpc) is 3.16. The zero-order valence-corrected chi connectivity index (χ0v) is 16.3. The molecule has 1 aromatic carbocycles. The van der Waals surface area contributed by atoms with Crippen molar-refractivity contribution >= 4 is 16.6 Å². The lowest BCUT2D eigenvalue weighted by atomic mass is 10.0. The van der Waals surface area contributed by atoms with Crippen molar-refractivity contribution in [3.63, 3.8) is 0 Å². The molecule has 1 aromatic heterocycles. The fourth-order valence-electron chi connectivity index (χ4n) is 4.40. The number of nitrogens with one attached hydrogen (secondary N) is 1. The first-order chi connectivity index (χ1) is 13.2. The quantitative estimate of drug-likeness (QED) is 0.814. The number of anilines is 1. The van der Waals surface area contributed by atoms with E-state index in [1.807, 2.05) is 6.07 Å². The summed E-state index contributed by atoms with van der Waals surface area (Å²) >= 11 is 0. The summed E-state index contributed by atoms with van der Waals surface area (Å²) in [6.45, 7) is 3.07. The third-order valence-electron chi connectivity index (χ3n) is 5.87. The maximum absolute atomic E-state index is 9.15. The summed E-state index contributed by atoms with van der Waals surface area (Å²) in [6, 6.07) is 4.49. The van der Waals surface area contributed by atoms with Gasteiger partial charge in [0.1, 0.15) is 0 Å². The van der Waals surface area contributed by atoms with Gasteiger partial charge in [0.05, 0.1) is 26.3 Å². The molecule has 2 N–H and O–H groups in total. The van der Waals surface area contributed by atoms with Gasteiger partial charge in [0.2, 0.25) is 0 Å². The topological polar surface area (TPSA) is 66.9 Å². The molecule has 2 heterocycles. The molecule has 6 nitrogen and oxygen atoms in total. The Balaban J connectivity index is 1.68. The van der Waals surface area contributed by atoms with Gasteiger partial charge < -0.3 is 24.8 Å². The minimum absolute atomic E-state index is 0.238. The SMILES string of the molecule is COc1cc2nc3c(c(NC4CCN(CCO)CC4)c2cc1OC)CCC3. The zero-order valence-electron chi connectivity index (χ0n) is 16.3. The summed E-state index contributed by atoms with van der Waals surface area (Å²) in [5.74, 6) is 1.46. The van der Waals surface area contributed by atoms with Crippen molar-refractivity contribution in [2.24, 2.45) is 0 Å². The normalized spacial score (nSPS) is 17.9. The van der Waals surface area contributed by atoms with Crippen molar-refractivity contribution in [1.82, 2.24) is 9.88 Å². The smallest absolute Gasteiger partial charge is 0.162 e. The molecule has 4 rings (SSSR count). The van der Waals surface area contributed by atoms with E-state index in [1.165, 1.54) is 16.9 Å². The molecule has 0 amide bonds. The Morgan fingerprint density at radius 1 is 1.15 bits per heavy atom. The molecule has 0 unspecified atom stereocenters. The second-order valence-corrected chi connectivity index (χ2v) is 7.47. The first-order valence-corrected chi connectivity index (χ1v) is 9.90. The molecule has 27 heavy (non-hydrogen) atoms. The van der Waals surface area contributed by atoms with E-state index in [4.69, 9.17) is 19.6 Å². The van der Waals surface area contributed by atoms with Gasteiger partial charge in [0.25, 0.3) is 0 Å². The Bertz CT molecular complexity index is 816. The molecule has 1 aliphatic carbocycles. The number of pyridine rings is 1. The van der Waals surface area contributed by atoms with Gasteiger partial charge in [-0.1, -0.05) is 0 Å². The van der Waals surface area contributed by atoms with Crippen LogP contribution in [0.3, 0.4) is 0 Å². The highest BCUT2D eigenvalue weighted by Crippen LogP contribution is 2.40. The van der Waals surface area contributed by atoms with E-state index in [2.05, 4.69) is 16.3 Å². The molecule has 0 radical (unpaired) electrons. The number of fused-ring (bicyclic) bond motifs is 2. The number of methoxy groups -OCH3 is 2. The summed E-state index contributed by atoms with van der Waals surface area (Å²) in [6.07, 6.45) is 5.47. The number of ether oxygens (including phenoxy) is 2. The van der Waals surface area contributed by atoms with Crippen LogP contribution >= 0.6 is 0 Å². The van der Waals surface area contributed by atoms with Crippen molar-refractivity contribution < 1.29 is 14.6 Å². The van der Waals surface area contributed by atoms with E-state index in [1.54, 1.807) is 14.2 Å². The summed E-state index contributed by atoms with van der Waals surface area (Å²) in [5, 5.41) is 14.1. The molecule has 0 saturated carbocycles. The molecule has 2 aromatic rings. The highest BCUT2D eigenvalue weighted by molar-refractivity contribution is 5.96. The number of piperidine rings is 1. The number of likely N-dealkylation sites (tertiary alicyclic amines) is 1. The van der Waals surface area contributed by atoms with E-state index in [0.717, 1.165) is 74.1 Å². The third kappa shape index (κ3) is 3.56. The van der Waals surface area contributed by atoms with Crippen molar-refractivity contribution in [2.45, 2.75) is 38.1 Å². The maximum atomic E-state index is 9.15. The lowest BCUT2D eigenvalue weighted by Crippen LogP contribution is -2.40. The molecule has 1 aliphatic heterocycles. The Morgan fingerprint density at radius 2 is 1.89 bits per heavy atom. The molecule has 146 valence electrons. The number of hydrogen-bond donors (Lipinski definition) is 2. The summed E-state index contributed by atoms with van der Waals surface area (Å²) < 4.78 is 11.0. The van der Waals surface area contributed by atoms with Crippen LogP contribution in [-0.4, -0.2) is 61.5 Å². The predicted molar refractivity (Wildman–Crippen MR) is 107 cm³/mol. The Hall–Kier alpha value is -2.05. The lowest BCUT2D eigenvalue weighted by Gasteiger charge is -2.33. The van der Waals surface area contributed by atoms with Crippen molar-refractivity contribution in [3.05, 3.63) is 23.4 Å². The molecule has 1 fully saturated rings. The van der Waals surface area contributed by atoms with Gasteiger partial charge in [-0.3, -0.25) is 4.98 Å². The number of nitrogens with zero attached hydrogens (tertiary/aromatic N) is 2. The second kappa shape index (κ2) is 7.90. The van der Waals surface area contributed by atoms with E-state index >= 15 is 0 Å². The molecule has 0 bridgehead atoms. The van der Waals surface area contributed by atoms with E-state index in [9.17, 15) is 0 Å². The van der Waals surface area contributed by atoms with Gasteiger partial charge in [-0.05, 0) is 43.7 Å². The third-order valence-corrected chi connectivity index (χ3v) is 5.87. The summed E-state index contributed by atoms with van der Waals surface area (Å²) in [5.41, 5.74) is 4.78. The van der Waals surface area contributed by atoms with Crippen molar-refractivity contribution in [3.8, 4) is 11.5 Å². The number of aryl methyl sites for hydroxylation is 1. The van der Waals surface area contributed by atoms with Gasteiger partial charge >= 0.3 is 0 Å². The first-order valence-electron chi connectivity index (χ1n) is 9.90. The molecular formula is C21H29N3O3. The number of aliphatic hydroxyl groups excluding tert-OH is 1. The number of hydrogen-bond acceptors (Lipinski definition) is 6. The first kappa shape index (κ1) is 18.3. The number of benzene rings is 1. The van der Waals surface area contributed by atoms with Crippen LogP contribution in [0.25, 0.3) is 10.9 Å². The van der Waals surface area contributed by atoms with Gasteiger partial charge in [-0.2, -0.15) is 0 Å². The Labute approximate surface area is 160 Å². The lowest BCUT2D eigenvalue weighted by molar-refractivity contribution is 0.168. The Kier molecular flexibility index (Phi) is 5.36. The fraction of sp³-hybridized carbons (Fsp3) is 0.571. The van der Waals surface area contributed by atoms with Crippen LogP contribution in [0.5, 0.6) is 11.5 Å². The number of rotatable bonds is 6. The monoisotopic (exact) mass is 371 g/mol. The van der Waals surface area contributed by atoms with Crippen molar-refractivity contribution in [2.75, 3.05) is 45.8 Å². The van der Waals surface area contributed by atoms with E-state index < -0.39 is 0 Å². The molecule has 2 aliphatic rings. The van der Waals surface area contributed by atoms with Crippen LogP contribution in [0.1, 0.15) is 30.5 Å². The van der Waals surface area contributed by atoms with Gasteiger partial charge in [0, 0.05) is 48.5 Å². The van der Waals surface area contributed by atoms with E-state index in [-0.39, 0.29) is 6.61 Å². The molecular weight excluding hydrogens is 342 g/mol. The highest BCUT2D eigenvalue weighted by atomic mass is 16.5. The van der Waals surface area contributed by atoms with Crippen LogP contribution < -0.4 is 14.8 Å². The van der Waals surface area contributed by atoms with Gasteiger partial charge in [-0.15, -0.1) is 0 Å². The second-order valence-electron chi connectivity index (χ2n) is 7.47. The molecule has 6 heteroatoms. The van der Waals surface area contributed by atoms with Crippen LogP contribution in [-0.2, 0) is 12.8 Å².